The summed E-state index contributed by atoms with van der Waals surface area (Å²) in [6.45, 7) is 3.40. The molecule has 1 aliphatic heterocycles. The summed E-state index contributed by atoms with van der Waals surface area (Å²) in [7, 11) is 1.63. The van der Waals surface area contributed by atoms with Crippen molar-refractivity contribution in [3.05, 3.63) is 72.3 Å². The molecule has 4 rings (SSSR count). The summed E-state index contributed by atoms with van der Waals surface area (Å²) in [5, 5.41) is 15.1. The molecule has 0 atom stereocenters. The van der Waals surface area contributed by atoms with Gasteiger partial charge in [0.25, 0.3) is 0 Å². The van der Waals surface area contributed by atoms with Crippen molar-refractivity contribution in [2.75, 3.05) is 33.4 Å². The van der Waals surface area contributed by atoms with E-state index in [1.54, 1.807) is 31.5 Å². The Kier molecular flexibility index (Phi) is 7.47. The largest absolute Gasteiger partial charge is 0.493 e. The van der Waals surface area contributed by atoms with Gasteiger partial charge in [0.15, 0.2) is 23.1 Å². The molecule has 0 aliphatic carbocycles. The third-order valence-corrected chi connectivity index (χ3v) is 5.89. The normalized spacial score (nSPS) is 15.8. The summed E-state index contributed by atoms with van der Waals surface area (Å²) in [6.07, 6.45) is 4.76. The highest BCUT2D eigenvalue weighted by atomic mass is 19.1. The second-order valence-electron chi connectivity index (χ2n) is 8.32. The van der Waals surface area contributed by atoms with Gasteiger partial charge in [-0.3, -0.25) is 9.58 Å². The molecule has 1 aliphatic rings. The van der Waals surface area contributed by atoms with Gasteiger partial charge in [-0.25, -0.2) is 4.39 Å². The van der Waals surface area contributed by atoms with Crippen LogP contribution in [0.1, 0.15) is 18.4 Å². The lowest BCUT2D eigenvalue weighted by Crippen LogP contribution is -2.47. The minimum atomic E-state index is -0.959. The third-order valence-electron chi connectivity index (χ3n) is 5.89. The number of likely N-dealkylation sites (tertiary alicyclic amines) is 1. The van der Waals surface area contributed by atoms with Crippen molar-refractivity contribution in [1.29, 1.82) is 0 Å². The lowest BCUT2D eigenvalue weighted by atomic mass is 9.92. The van der Waals surface area contributed by atoms with Crippen LogP contribution in [0.2, 0.25) is 0 Å². The summed E-state index contributed by atoms with van der Waals surface area (Å²) < 4.78 is 32.5. The second kappa shape index (κ2) is 10.7. The van der Waals surface area contributed by atoms with Gasteiger partial charge < -0.3 is 19.3 Å². The first-order valence-electron chi connectivity index (χ1n) is 11.1. The van der Waals surface area contributed by atoms with E-state index in [0.717, 1.165) is 25.2 Å². The summed E-state index contributed by atoms with van der Waals surface area (Å²) in [4.78, 5) is 2.28. The molecule has 1 aromatic heterocycles. The van der Waals surface area contributed by atoms with Gasteiger partial charge in [-0.05, 0) is 48.7 Å². The topological polar surface area (TPSA) is 69.0 Å². The number of piperidine rings is 1. The van der Waals surface area contributed by atoms with Crippen LogP contribution in [0.15, 0.2) is 60.9 Å². The van der Waals surface area contributed by atoms with Gasteiger partial charge in [0.1, 0.15) is 18.8 Å². The number of hydrogen-bond donors (Lipinski definition) is 1. The molecule has 176 valence electrons. The fourth-order valence-corrected chi connectivity index (χ4v) is 3.92. The maximum atomic E-state index is 13.8. The minimum Gasteiger partial charge on any atom is -0.493 e. The quantitative estimate of drug-likeness (QED) is 0.505. The van der Waals surface area contributed by atoms with Crippen LogP contribution in [0.4, 0.5) is 4.39 Å². The fourth-order valence-electron chi connectivity index (χ4n) is 3.92. The first-order valence-corrected chi connectivity index (χ1v) is 11.1. The standard InChI is InChI=1S/C25H30FN3O4/c1-31-23-8-7-20(17-24(23)32-16-15-29-12-4-11-27-29)18-28-13-9-25(30,10-14-28)19-33-22-6-3-2-5-21(22)26/h2-8,11-12,17,30H,9-10,13-16,18-19H2,1H3. The Hall–Kier alpha value is -3.10. The zero-order valence-electron chi connectivity index (χ0n) is 18.8. The molecule has 0 saturated carbocycles. The van der Waals surface area contributed by atoms with E-state index in [0.29, 0.717) is 37.5 Å². The van der Waals surface area contributed by atoms with Crippen LogP contribution in [-0.2, 0) is 13.1 Å². The number of methoxy groups -OCH3 is 1. The molecule has 0 amide bonds. The molecule has 3 aromatic rings. The Morgan fingerprint density at radius 3 is 2.58 bits per heavy atom. The number of aliphatic hydroxyl groups is 1. The number of benzene rings is 2. The SMILES string of the molecule is COc1ccc(CN2CCC(O)(COc3ccccc3F)CC2)cc1OCCn1cccn1. The number of rotatable bonds is 10. The Bertz CT molecular complexity index is 1020. The zero-order valence-corrected chi connectivity index (χ0v) is 18.8. The molecule has 8 heteroatoms. The van der Waals surface area contributed by atoms with Crippen molar-refractivity contribution in [3.63, 3.8) is 0 Å². The highest BCUT2D eigenvalue weighted by Crippen LogP contribution is 2.30. The predicted molar refractivity (Wildman–Crippen MR) is 122 cm³/mol. The minimum absolute atomic E-state index is 0.0819. The monoisotopic (exact) mass is 455 g/mol. The molecular weight excluding hydrogens is 425 g/mol. The third kappa shape index (κ3) is 6.24. The molecule has 0 bridgehead atoms. The van der Waals surface area contributed by atoms with Crippen LogP contribution in [-0.4, -0.2) is 58.8 Å². The average Bonchev–Trinajstić information content (AvgIpc) is 3.34. The molecule has 0 spiro atoms. The van der Waals surface area contributed by atoms with E-state index in [9.17, 15) is 9.50 Å². The lowest BCUT2D eigenvalue weighted by Gasteiger charge is -2.38. The maximum Gasteiger partial charge on any atom is 0.165 e. The van der Waals surface area contributed by atoms with Crippen molar-refractivity contribution in [2.24, 2.45) is 0 Å². The highest BCUT2D eigenvalue weighted by Gasteiger charge is 2.33. The number of hydrogen-bond acceptors (Lipinski definition) is 6. The molecule has 1 N–H and O–H groups in total. The lowest BCUT2D eigenvalue weighted by molar-refractivity contribution is -0.0543. The van der Waals surface area contributed by atoms with E-state index in [-0.39, 0.29) is 12.4 Å². The van der Waals surface area contributed by atoms with Gasteiger partial charge in [0.2, 0.25) is 0 Å². The van der Waals surface area contributed by atoms with E-state index >= 15 is 0 Å². The van der Waals surface area contributed by atoms with Crippen LogP contribution >= 0.6 is 0 Å². The molecule has 2 heterocycles. The average molecular weight is 456 g/mol. The van der Waals surface area contributed by atoms with Gasteiger partial charge in [-0.2, -0.15) is 5.10 Å². The number of ether oxygens (including phenoxy) is 3. The first kappa shape index (κ1) is 23.1. The Balaban J connectivity index is 1.29. The smallest absolute Gasteiger partial charge is 0.165 e. The van der Waals surface area contributed by atoms with Gasteiger partial charge in [-0.15, -0.1) is 0 Å². The van der Waals surface area contributed by atoms with Crippen molar-refractivity contribution >= 4 is 0 Å². The zero-order chi connectivity index (χ0) is 23.1. The van der Waals surface area contributed by atoms with Crippen LogP contribution in [0.25, 0.3) is 0 Å². The second-order valence-corrected chi connectivity index (χ2v) is 8.32. The van der Waals surface area contributed by atoms with Crippen molar-refractivity contribution in [2.45, 2.75) is 31.5 Å². The van der Waals surface area contributed by atoms with E-state index in [1.165, 1.54) is 6.07 Å². The van der Waals surface area contributed by atoms with Crippen molar-refractivity contribution in [1.82, 2.24) is 14.7 Å². The maximum absolute atomic E-state index is 13.8. The summed E-state index contributed by atoms with van der Waals surface area (Å²) in [6, 6.07) is 14.1. The molecule has 33 heavy (non-hydrogen) atoms. The van der Waals surface area contributed by atoms with Gasteiger partial charge in [0, 0.05) is 32.0 Å². The molecule has 0 radical (unpaired) electrons. The number of para-hydroxylation sites is 1. The fraction of sp³-hybridized carbons (Fsp3) is 0.400. The number of nitrogens with zero attached hydrogens (tertiary/aromatic N) is 3. The van der Waals surface area contributed by atoms with Crippen LogP contribution < -0.4 is 14.2 Å². The highest BCUT2D eigenvalue weighted by molar-refractivity contribution is 5.43. The molecule has 1 saturated heterocycles. The Labute approximate surface area is 193 Å². The van der Waals surface area contributed by atoms with E-state index in [2.05, 4.69) is 10.00 Å². The van der Waals surface area contributed by atoms with Gasteiger partial charge in [-0.1, -0.05) is 18.2 Å². The molecule has 1 fully saturated rings. The van der Waals surface area contributed by atoms with Gasteiger partial charge in [0.05, 0.1) is 13.7 Å². The van der Waals surface area contributed by atoms with Crippen LogP contribution in [0.5, 0.6) is 17.2 Å². The summed E-state index contributed by atoms with van der Waals surface area (Å²) in [5.74, 6) is 1.15. The number of aromatic nitrogens is 2. The van der Waals surface area contributed by atoms with Gasteiger partial charge >= 0.3 is 0 Å². The van der Waals surface area contributed by atoms with Crippen LogP contribution in [0, 0.1) is 5.82 Å². The molecule has 7 nitrogen and oxygen atoms in total. The van der Waals surface area contributed by atoms with Crippen LogP contribution in [0.3, 0.4) is 0 Å². The Morgan fingerprint density at radius 2 is 1.85 bits per heavy atom. The predicted octanol–water partition coefficient (Wildman–Crippen LogP) is 3.52. The van der Waals surface area contributed by atoms with E-state index < -0.39 is 11.4 Å². The van der Waals surface area contributed by atoms with Crippen molar-refractivity contribution in [3.8, 4) is 17.2 Å². The molecule has 0 unspecified atom stereocenters. The van der Waals surface area contributed by atoms with E-state index in [1.807, 2.05) is 35.1 Å². The summed E-state index contributed by atoms with van der Waals surface area (Å²) >= 11 is 0. The first-order chi connectivity index (χ1) is 16.0. The molecule has 2 aromatic carbocycles. The number of halogens is 1. The molecular formula is C25H30FN3O4. The summed E-state index contributed by atoms with van der Waals surface area (Å²) in [5.41, 5.74) is 0.150. The van der Waals surface area contributed by atoms with Crippen molar-refractivity contribution < 1.29 is 23.7 Å². The Morgan fingerprint density at radius 1 is 1.03 bits per heavy atom. The van der Waals surface area contributed by atoms with E-state index in [4.69, 9.17) is 14.2 Å².